The van der Waals surface area contributed by atoms with Crippen LogP contribution in [0.25, 0.3) is 0 Å². The van der Waals surface area contributed by atoms with Gasteiger partial charge in [-0.05, 0) is 20.8 Å². The first-order valence-electron chi connectivity index (χ1n) is 4.67. The molecule has 2 heteroatoms. The molecular weight excluding hydrogens is 150 g/mol. The van der Waals surface area contributed by atoms with Gasteiger partial charge in [0.15, 0.2) is 5.90 Å². The van der Waals surface area contributed by atoms with Gasteiger partial charge in [-0.15, -0.1) is 0 Å². The molecule has 1 unspecified atom stereocenters. The average Bonchev–Trinajstić information content (AvgIpc) is 1.82. The van der Waals surface area contributed by atoms with Gasteiger partial charge in [0.25, 0.3) is 0 Å². The van der Waals surface area contributed by atoms with Crippen LogP contribution < -0.4 is 0 Å². The molecule has 0 saturated carbocycles. The third-order valence-corrected chi connectivity index (χ3v) is 2.02. The predicted molar refractivity (Wildman–Crippen MR) is 51.5 cm³/mol. The minimum Gasteiger partial charge on any atom is -0.478 e. The van der Waals surface area contributed by atoms with E-state index in [1.165, 1.54) is 0 Å². The lowest BCUT2D eigenvalue weighted by Gasteiger charge is -2.32. The van der Waals surface area contributed by atoms with Crippen LogP contribution in [0.15, 0.2) is 4.99 Å². The average molecular weight is 169 g/mol. The van der Waals surface area contributed by atoms with E-state index in [0.717, 1.165) is 12.3 Å². The molecule has 0 saturated heterocycles. The number of aliphatic imine (C=N–C) groups is 1. The summed E-state index contributed by atoms with van der Waals surface area (Å²) in [5.41, 5.74) is 0.0667. The molecule has 2 nitrogen and oxygen atoms in total. The first-order valence-corrected chi connectivity index (χ1v) is 4.67. The van der Waals surface area contributed by atoms with E-state index in [9.17, 15) is 0 Å². The normalized spacial score (nSPS) is 28.2. The second-order valence-electron chi connectivity index (χ2n) is 4.55. The van der Waals surface area contributed by atoms with Gasteiger partial charge in [0.05, 0.1) is 11.6 Å². The smallest absolute Gasteiger partial charge is 0.186 e. The van der Waals surface area contributed by atoms with Gasteiger partial charge in [0.2, 0.25) is 0 Å². The highest BCUT2D eigenvalue weighted by Crippen LogP contribution is 2.25. The molecule has 0 aromatic rings. The van der Waals surface area contributed by atoms with Gasteiger partial charge in [0, 0.05) is 12.3 Å². The molecular formula is C10H19NO. The van der Waals surface area contributed by atoms with Gasteiger partial charge >= 0.3 is 0 Å². The molecule has 12 heavy (non-hydrogen) atoms. The molecule has 0 bridgehead atoms. The van der Waals surface area contributed by atoms with Gasteiger partial charge in [0.1, 0.15) is 0 Å². The summed E-state index contributed by atoms with van der Waals surface area (Å²) >= 11 is 0. The fourth-order valence-corrected chi connectivity index (χ4v) is 1.59. The zero-order valence-electron chi connectivity index (χ0n) is 8.72. The number of hydrogen-bond donors (Lipinski definition) is 0. The lowest BCUT2D eigenvalue weighted by atomic mass is 9.96. The van der Waals surface area contributed by atoms with Crippen LogP contribution in [0.4, 0.5) is 0 Å². The van der Waals surface area contributed by atoms with Crippen LogP contribution in [0.1, 0.15) is 41.0 Å². The minimum absolute atomic E-state index is 0.0667. The first kappa shape index (κ1) is 9.56. The Bertz CT molecular complexity index is 194. The van der Waals surface area contributed by atoms with Crippen molar-refractivity contribution in [3.63, 3.8) is 0 Å². The molecule has 1 rings (SSSR count). The Hall–Kier alpha value is -0.530. The zero-order valence-corrected chi connectivity index (χ0v) is 8.72. The van der Waals surface area contributed by atoms with Crippen molar-refractivity contribution in [1.29, 1.82) is 0 Å². The Balaban J connectivity index is 2.80. The molecule has 0 fully saturated rings. The van der Waals surface area contributed by atoms with Crippen molar-refractivity contribution in [2.75, 3.05) is 0 Å². The SMILES string of the molecule is CC1CC(C)(C)N=C(C(C)C)O1. The largest absolute Gasteiger partial charge is 0.478 e. The molecule has 1 aliphatic heterocycles. The van der Waals surface area contributed by atoms with Gasteiger partial charge in [-0.25, -0.2) is 4.99 Å². The van der Waals surface area contributed by atoms with Gasteiger partial charge in [-0.2, -0.15) is 0 Å². The lowest BCUT2D eigenvalue weighted by Crippen LogP contribution is -2.35. The molecule has 0 radical (unpaired) electrons. The minimum atomic E-state index is 0.0667. The van der Waals surface area contributed by atoms with E-state index in [1.807, 2.05) is 0 Å². The molecule has 0 aromatic heterocycles. The van der Waals surface area contributed by atoms with Crippen molar-refractivity contribution in [3.8, 4) is 0 Å². The Labute approximate surface area is 75.0 Å². The Morgan fingerprint density at radius 1 is 1.50 bits per heavy atom. The summed E-state index contributed by atoms with van der Waals surface area (Å²) < 4.78 is 5.63. The van der Waals surface area contributed by atoms with Gasteiger partial charge in [-0.3, -0.25) is 0 Å². The second-order valence-corrected chi connectivity index (χ2v) is 4.55. The van der Waals surface area contributed by atoms with Crippen molar-refractivity contribution >= 4 is 5.90 Å². The Morgan fingerprint density at radius 2 is 2.08 bits per heavy atom. The topological polar surface area (TPSA) is 21.6 Å². The van der Waals surface area contributed by atoms with Crippen molar-refractivity contribution in [1.82, 2.24) is 0 Å². The molecule has 0 amide bonds. The van der Waals surface area contributed by atoms with E-state index < -0.39 is 0 Å². The fraction of sp³-hybridized carbons (Fsp3) is 0.900. The molecule has 70 valence electrons. The fourth-order valence-electron chi connectivity index (χ4n) is 1.59. The molecule has 1 aliphatic rings. The monoisotopic (exact) mass is 169 g/mol. The molecule has 0 aliphatic carbocycles. The van der Waals surface area contributed by atoms with Crippen LogP contribution in [0.5, 0.6) is 0 Å². The number of hydrogen-bond acceptors (Lipinski definition) is 2. The number of rotatable bonds is 1. The Morgan fingerprint density at radius 3 is 2.50 bits per heavy atom. The maximum atomic E-state index is 5.63. The third-order valence-electron chi connectivity index (χ3n) is 2.02. The molecule has 1 heterocycles. The Kier molecular flexibility index (Phi) is 2.45. The summed E-state index contributed by atoms with van der Waals surface area (Å²) in [6, 6.07) is 0. The molecule has 0 spiro atoms. The number of ether oxygens (including phenoxy) is 1. The quantitative estimate of drug-likeness (QED) is 0.591. The van der Waals surface area contributed by atoms with E-state index in [1.54, 1.807) is 0 Å². The maximum Gasteiger partial charge on any atom is 0.186 e. The highest BCUT2D eigenvalue weighted by atomic mass is 16.5. The third kappa shape index (κ3) is 2.23. The maximum absolute atomic E-state index is 5.63. The van der Waals surface area contributed by atoms with Crippen molar-refractivity contribution in [2.24, 2.45) is 10.9 Å². The van der Waals surface area contributed by atoms with Crippen LogP contribution in [-0.4, -0.2) is 17.5 Å². The molecule has 0 aromatic carbocycles. The summed E-state index contributed by atoms with van der Waals surface area (Å²) in [6.07, 6.45) is 1.33. The summed E-state index contributed by atoms with van der Waals surface area (Å²) in [5, 5.41) is 0. The van der Waals surface area contributed by atoms with Crippen LogP contribution in [0.2, 0.25) is 0 Å². The standard InChI is InChI=1S/C10H19NO/c1-7(2)9-11-10(4,5)6-8(3)12-9/h7-8H,6H2,1-5H3. The van der Waals surface area contributed by atoms with Crippen LogP contribution >= 0.6 is 0 Å². The molecule has 0 N–H and O–H groups in total. The lowest BCUT2D eigenvalue weighted by molar-refractivity contribution is 0.134. The van der Waals surface area contributed by atoms with Crippen LogP contribution in [0, 0.1) is 5.92 Å². The van der Waals surface area contributed by atoms with Gasteiger partial charge in [-0.1, -0.05) is 13.8 Å². The first-order chi connectivity index (χ1) is 5.41. The highest BCUT2D eigenvalue weighted by Gasteiger charge is 2.28. The summed E-state index contributed by atoms with van der Waals surface area (Å²) in [6.45, 7) is 10.7. The van der Waals surface area contributed by atoms with Crippen molar-refractivity contribution < 1.29 is 4.74 Å². The predicted octanol–water partition coefficient (Wildman–Crippen LogP) is 2.63. The summed E-state index contributed by atoms with van der Waals surface area (Å²) in [4.78, 5) is 4.56. The van der Waals surface area contributed by atoms with E-state index in [4.69, 9.17) is 4.74 Å². The van der Waals surface area contributed by atoms with Crippen LogP contribution in [-0.2, 0) is 4.74 Å². The number of nitrogens with zero attached hydrogens (tertiary/aromatic N) is 1. The van der Waals surface area contributed by atoms with E-state index in [2.05, 4.69) is 39.6 Å². The molecule has 1 atom stereocenters. The summed E-state index contributed by atoms with van der Waals surface area (Å²) in [7, 11) is 0. The van der Waals surface area contributed by atoms with Crippen molar-refractivity contribution in [3.05, 3.63) is 0 Å². The highest BCUT2D eigenvalue weighted by molar-refractivity contribution is 5.79. The second kappa shape index (κ2) is 3.08. The van der Waals surface area contributed by atoms with Crippen molar-refractivity contribution in [2.45, 2.75) is 52.7 Å². The zero-order chi connectivity index (χ0) is 9.35. The summed E-state index contributed by atoms with van der Waals surface area (Å²) in [5.74, 6) is 1.32. The van der Waals surface area contributed by atoms with E-state index >= 15 is 0 Å². The van der Waals surface area contributed by atoms with E-state index in [0.29, 0.717) is 12.0 Å². The van der Waals surface area contributed by atoms with E-state index in [-0.39, 0.29) is 5.54 Å². The van der Waals surface area contributed by atoms with Gasteiger partial charge < -0.3 is 4.74 Å². The van der Waals surface area contributed by atoms with Crippen LogP contribution in [0.3, 0.4) is 0 Å².